The van der Waals surface area contributed by atoms with Crippen LogP contribution in [0.2, 0.25) is 5.02 Å². The highest BCUT2D eigenvalue weighted by Crippen LogP contribution is 2.33. The largest absolute Gasteiger partial charge is 0.399 e. The zero-order valence-corrected chi connectivity index (χ0v) is 12.7. The van der Waals surface area contributed by atoms with Crippen molar-refractivity contribution >= 4 is 50.5 Å². The Bertz CT molecular complexity index is 740. The number of hydrogen-bond donors (Lipinski definition) is 3. The molecule has 2 rings (SSSR count). The highest BCUT2D eigenvalue weighted by Gasteiger charge is 2.16. The van der Waals surface area contributed by atoms with E-state index < -0.39 is 17.5 Å². The molecule has 0 spiro atoms. The molecule has 0 atom stereocenters. The molecule has 0 saturated carbocycles. The summed E-state index contributed by atoms with van der Waals surface area (Å²) in [5.41, 5.74) is 10.9. The summed E-state index contributed by atoms with van der Waals surface area (Å²) in [7, 11) is 0. The van der Waals surface area contributed by atoms with E-state index in [0.29, 0.717) is 0 Å². The number of benzene rings is 2. The van der Waals surface area contributed by atoms with Crippen molar-refractivity contribution in [3.05, 3.63) is 51.0 Å². The van der Waals surface area contributed by atoms with Crippen LogP contribution < -0.4 is 16.8 Å². The normalized spacial score (nSPS) is 10.5. The predicted octanol–water partition coefficient (Wildman–Crippen LogP) is 3.81. The van der Waals surface area contributed by atoms with Crippen molar-refractivity contribution in [3.63, 3.8) is 0 Å². The van der Waals surface area contributed by atoms with E-state index >= 15 is 0 Å². The van der Waals surface area contributed by atoms with Crippen molar-refractivity contribution in [2.75, 3.05) is 11.1 Å². The second kappa shape index (κ2) is 5.87. The van der Waals surface area contributed by atoms with Gasteiger partial charge >= 0.3 is 0 Å². The number of nitrogens with one attached hydrogen (secondary N) is 1. The van der Waals surface area contributed by atoms with Crippen LogP contribution in [-0.2, 0) is 0 Å². The molecule has 0 aliphatic carbocycles. The maximum Gasteiger partial charge on any atom is 0.250 e. The Labute approximate surface area is 132 Å². The van der Waals surface area contributed by atoms with Gasteiger partial charge in [0.25, 0.3) is 5.91 Å². The molecule has 1 amide bonds. The van der Waals surface area contributed by atoms with Crippen molar-refractivity contribution in [2.24, 2.45) is 5.73 Å². The second-order valence-electron chi connectivity index (χ2n) is 4.16. The average Bonchev–Trinajstić information content (AvgIpc) is 2.38. The Morgan fingerprint density at radius 3 is 2.48 bits per heavy atom. The Hall–Kier alpha value is -1.86. The summed E-state index contributed by atoms with van der Waals surface area (Å²) in [5, 5.41) is 2.62. The van der Waals surface area contributed by atoms with Gasteiger partial charge in [0.15, 0.2) is 0 Å². The van der Waals surface area contributed by atoms with Gasteiger partial charge in [0.05, 0.1) is 26.4 Å². The van der Waals surface area contributed by atoms with Crippen molar-refractivity contribution < 1.29 is 13.6 Å². The van der Waals surface area contributed by atoms with Gasteiger partial charge in [-0.2, -0.15) is 0 Å². The Morgan fingerprint density at radius 2 is 1.86 bits per heavy atom. The Balaban J connectivity index is 2.54. The fourth-order valence-corrected chi connectivity index (χ4v) is 2.29. The molecular weight excluding hydrogens is 368 g/mol. The molecule has 0 bridgehead atoms. The van der Waals surface area contributed by atoms with Gasteiger partial charge in [0, 0.05) is 11.8 Å². The topological polar surface area (TPSA) is 81.1 Å². The number of anilines is 3. The first-order chi connectivity index (χ1) is 9.79. The van der Waals surface area contributed by atoms with Crippen LogP contribution in [0.4, 0.5) is 25.8 Å². The number of nitrogens with two attached hydrogens (primary N) is 2. The van der Waals surface area contributed by atoms with E-state index in [1.165, 1.54) is 12.1 Å². The third-order valence-corrected chi connectivity index (χ3v) is 3.55. The zero-order chi connectivity index (χ0) is 15.7. The van der Waals surface area contributed by atoms with Crippen LogP contribution in [-0.4, -0.2) is 5.91 Å². The first kappa shape index (κ1) is 15.5. The lowest BCUT2D eigenvalue weighted by atomic mass is 10.1. The molecule has 110 valence electrons. The number of amides is 1. The molecule has 0 unspecified atom stereocenters. The van der Waals surface area contributed by atoms with Gasteiger partial charge < -0.3 is 16.8 Å². The molecule has 0 radical (unpaired) electrons. The predicted molar refractivity (Wildman–Crippen MR) is 81.7 cm³/mol. The van der Waals surface area contributed by atoms with E-state index in [9.17, 15) is 13.6 Å². The monoisotopic (exact) mass is 375 g/mol. The molecule has 2 aromatic carbocycles. The van der Waals surface area contributed by atoms with Crippen LogP contribution in [0.1, 0.15) is 10.4 Å². The lowest BCUT2D eigenvalue weighted by Gasteiger charge is -2.14. The van der Waals surface area contributed by atoms with E-state index in [2.05, 4.69) is 21.2 Å². The van der Waals surface area contributed by atoms with Gasteiger partial charge in [-0.15, -0.1) is 0 Å². The molecule has 2 aromatic rings. The van der Waals surface area contributed by atoms with Gasteiger partial charge in [0.2, 0.25) is 0 Å². The molecule has 21 heavy (non-hydrogen) atoms. The third-order valence-electron chi connectivity index (χ3n) is 2.65. The zero-order valence-electron chi connectivity index (χ0n) is 10.4. The van der Waals surface area contributed by atoms with Crippen LogP contribution in [0.5, 0.6) is 0 Å². The molecular formula is C13H9BrClF2N3O. The van der Waals surface area contributed by atoms with E-state index in [1.807, 2.05) is 0 Å². The third kappa shape index (κ3) is 3.25. The smallest absolute Gasteiger partial charge is 0.250 e. The summed E-state index contributed by atoms with van der Waals surface area (Å²) in [6.07, 6.45) is 0. The first-order valence-electron chi connectivity index (χ1n) is 5.60. The van der Waals surface area contributed by atoms with Gasteiger partial charge in [-0.25, -0.2) is 8.78 Å². The van der Waals surface area contributed by atoms with Gasteiger partial charge in [0.1, 0.15) is 11.6 Å². The Morgan fingerprint density at radius 1 is 1.19 bits per heavy atom. The first-order valence-corrected chi connectivity index (χ1v) is 6.77. The van der Waals surface area contributed by atoms with Crippen molar-refractivity contribution in [1.29, 1.82) is 0 Å². The van der Waals surface area contributed by atoms with Crippen LogP contribution in [0.3, 0.4) is 0 Å². The van der Waals surface area contributed by atoms with Crippen LogP contribution >= 0.6 is 27.5 Å². The number of carbonyl (C=O) groups is 1. The van der Waals surface area contributed by atoms with E-state index in [1.54, 1.807) is 0 Å². The van der Waals surface area contributed by atoms with E-state index in [-0.39, 0.29) is 32.1 Å². The molecule has 4 nitrogen and oxygen atoms in total. The van der Waals surface area contributed by atoms with Gasteiger partial charge in [-0.1, -0.05) is 11.6 Å². The fourth-order valence-electron chi connectivity index (χ4n) is 1.70. The Kier molecular flexibility index (Phi) is 4.34. The summed E-state index contributed by atoms with van der Waals surface area (Å²) >= 11 is 8.84. The number of primary amides is 1. The summed E-state index contributed by atoms with van der Waals surface area (Å²) in [6, 6.07) is 4.54. The molecule has 0 fully saturated rings. The SMILES string of the molecule is NC(=O)c1cc(N)cc(Cl)c1Nc1cc(F)c(Br)cc1F. The number of rotatable bonds is 3. The van der Waals surface area contributed by atoms with Crippen LogP contribution in [0, 0.1) is 11.6 Å². The number of nitrogen functional groups attached to an aromatic ring is 1. The van der Waals surface area contributed by atoms with Crippen molar-refractivity contribution in [1.82, 2.24) is 0 Å². The second-order valence-corrected chi connectivity index (χ2v) is 5.42. The lowest BCUT2D eigenvalue weighted by molar-refractivity contribution is 0.100. The van der Waals surface area contributed by atoms with Crippen molar-refractivity contribution in [2.45, 2.75) is 0 Å². The van der Waals surface area contributed by atoms with Crippen molar-refractivity contribution in [3.8, 4) is 0 Å². The van der Waals surface area contributed by atoms with Gasteiger partial charge in [-0.3, -0.25) is 4.79 Å². The average molecular weight is 377 g/mol. The minimum Gasteiger partial charge on any atom is -0.399 e. The molecule has 0 aliphatic heterocycles. The fraction of sp³-hybridized carbons (Fsp3) is 0. The minimum absolute atomic E-state index is 0.0240. The number of hydrogen-bond acceptors (Lipinski definition) is 3. The summed E-state index contributed by atoms with van der Waals surface area (Å²) < 4.78 is 27.3. The molecule has 0 heterocycles. The van der Waals surface area contributed by atoms with Gasteiger partial charge in [-0.05, 0) is 34.1 Å². The molecule has 0 aliphatic rings. The quantitative estimate of drug-likeness (QED) is 0.563. The number of carbonyl (C=O) groups excluding carboxylic acids is 1. The highest BCUT2D eigenvalue weighted by molar-refractivity contribution is 9.10. The molecule has 0 aromatic heterocycles. The lowest BCUT2D eigenvalue weighted by Crippen LogP contribution is -2.14. The number of halogens is 4. The molecule has 8 heteroatoms. The summed E-state index contributed by atoms with van der Waals surface area (Å²) in [6.45, 7) is 0. The maximum absolute atomic E-state index is 13.8. The maximum atomic E-state index is 13.8. The van der Waals surface area contributed by atoms with E-state index in [0.717, 1.165) is 12.1 Å². The summed E-state index contributed by atoms with van der Waals surface area (Å²) in [4.78, 5) is 11.4. The molecule has 0 saturated heterocycles. The van der Waals surface area contributed by atoms with E-state index in [4.69, 9.17) is 23.1 Å². The minimum atomic E-state index is -0.801. The standard InChI is InChI=1S/C13H9BrClF2N3O/c14-7-3-10(17)11(4-9(7)16)20-12-6(13(19)21)1-5(18)2-8(12)15/h1-4,20H,18H2,(H2,19,21). The summed E-state index contributed by atoms with van der Waals surface area (Å²) in [5.74, 6) is -2.21. The van der Waals surface area contributed by atoms with Crippen LogP contribution in [0.15, 0.2) is 28.7 Å². The highest BCUT2D eigenvalue weighted by atomic mass is 79.9. The molecule has 5 N–H and O–H groups in total. The van der Waals surface area contributed by atoms with Crippen LogP contribution in [0.25, 0.3) is 0 Å².